The molecule has 104 valence electrons. The number of ketones is 1. The van der Waals surface area contributed by atoms with Crippen LogP contribution in [0.4, 0.5) is 4.39 Å². The van der Waals surface area contributed by atoms with E-state index in [9.17, 15) is 9.18 Å². The maximum atomic E-state index is 13.4. The van der Waals surface area contributed by atoms with Crippen LogP contribution in [-0.2, 0) is 0 Å². The zero-order valence-electron chi connectivity index (χ0n) is 11.5. The number of methoxy groups -OCH3 is 1. The van der Waals surface area contributed by atoms with Crippen LogP contribution in [0.2, 0.25) is 0 Å². The average Bonchev–Trinajstić information content (AvgIpc) is 2.39. The molecule has 0 N–H and O–H groups in total. The molecule has 0 atom stereocenters. The molecule has 2 aromatic rings. The molecule has 0 radical (unpaired) electrons. The first-order valence-electron chi connectivity index (χ1n) is 6.08. The minimum Gasteiger partial charge on any atom is -0.496 e. The monoisotopic (exact) mass is 336 g/mol. The molecule has 2 aromatic carbocycles. The lowest BCUT2D eigenvalue weighted by atomic mass is 9.99. The Morgan fingerprint density at radius 1 is 1.15 bits per heavy atom. The molecule has 0 amide bonds. The number of ether oxygens (including phenoxy) is 1. The third-order valence-electron chi connectivity index (χ3n) is 3.03. The van der Waals surface area contributed by atoms with Crippen LogP contribution < -0.4 is 4.74 Å². The molecule has 0 spiro atoms. The fraction of sp³-hybridized carbons (Fsp3) is 0.188. The van der Waals surface area contributed by atoms with E-state index >= 15 is 0 Å². The SMILES string of the molecule is COc1cc(C)c(Br)cc1C(=O)c1cc(C)cc(F)c1. The van der Waals surface area contributed by atoms with Gasteiger partial charge in [-0.3, -0.25) is 4.79 Å². The third kappa shape index (κ3) is 2.90. The number of halogens is 2. The minimum atomic E-state index is -0.418. The van der Waals surface area contributed by atoms with Crippen LogP contribution in [0, 0.1) is 19.7 Å². The maximum Gasteiger partial charge on any atom is 0.196 e. The van der Waals surface area contributed by atoms with Crippen molar-refractivity contribution in [2.24, 2.45) is 0 Å². The van der Waals surface area contributed by atoms with Crippen LogP contribution in [-0.4, -0.2) is 12.9 Å². The Bertz CT molecular complexity index is 660. The molecule has 0 aliphatic carbocycles. The van der Waals surface area contributed by atoms with E-state index in [-0.39, 0.29) is 5.78 Å². The summed E-state index contributed by atoms with van der Waals surface area (Å²) in [6.07, 6.45) is 0. The van der Waals surface area contributed by atoms with Gasteiger partial charge in [0, 0.05) is 10.0 Å². The van der Waals surface area contributed by atoms with Crippen LogP contribution >= 0.6 is 15.9 Å². The Morgan fingerprint density at radius 2 is 1.85 bits per heavy atom. The zero-order valence-corrected chi connectivity index (χ0v) is 13.0. The van der Waals surface area contributed by atoms with Crippen LogP contribution in [0.15, 0.2) is 34.8 Å². The van der Waals surface area contributed by atoms with Gasteiger partial charge in [0.15, 0.2) is 5.78 Å². The standard InChI is InChI=1S/C16H14BrFO2/c1-9-4-11(7-12(18)5-9)16(19)13-8-14(17)10(2)6-15(13)20-3/h4-8H,1-3H3. The van der Waals surface area contributed by atoms with Gasteiger partial charge in [0.1, 0.15) is 11.6 Å². The van der Waals surface area contributed by atoms with E-state index in [1.54, 1.807) is 25.1 Å². The van der Waals surface area contributed by atoms with Crippen molar-refractivity contribution in [2.45, 2.75) is 13.8 Å². The first-order valence-corrected chi connectivity index (χ1v) is 6.87. The molecule has 4 heteroatoms. The minimum absolute atomic E-state index is 0.259. The van der Waals surface area contributed by atoms with Gasteiger partial charge in [-0.1, -0.05) is 15.9 Å². The average molecular weight is 337 g/mol. The van der Waals surface area contributed by atoms with Crippen molar-refractivity contribution in [3.05, 3.63) is 62.9 Å². The molecule has 0 saturated heterocycles. The molecule has 2 rings (SSSR count). The van der Waals surface area contributed by atoms with Gasteiger partial charge in [-0.15, -0.1) is 0 Å². The number of hydrogen-bond acceptors (Lipinski definition) is 2. The predicted octanol–water partition coefficient (Wildman–Crippen LogP) is 4.44. The first kappa shape index (κ1) is 14.7. The fourth-order valence-electron chi connectivity index (χ4n) is 2.02. The lowest BCUT2D eigenvalue weighted by Crippen LogP contribution is -2.05. The summed E-state index contributed by atoms with van der Waals surface area (Å²) in [7, 11) is 1.51. The van der Waals surface area contributed by atoms with E-state index in [0.29, 0.717) is 22.4 Å². The van der Waals surface area contributed by atoms with Crippen molar-refractivity contribution in [1.82, 2.24) is 0 Å². The van der Waals surface area contributed by atoms with Crippen LogP contribution in [0.25, 0.3) is 0 Å². The van der Waals surface area contributed by atoms with Gasteiger partial charge in [-0.25, -0.2) is 4.39 Å². The van der Waals surface area contributed by atoms with Crippen molar-refractivity contribution in [2.75, 3.05) is 7.11 Å². The molecule has 0 aliphatic rings. The van der Waals surface area contributed by atoms with Gasteiger partial charge in [0.05, 0.1) is 12.7 Å². The molecule has 0 fully saturated rings. The number of carbonyl (C=O) groups excluding carboxylic acids is 1. The van der Waals surface area contributed by atoms with Crippen molar-refractivity contribution in [1.29, 1.82) is 0 Å². The highest BCUT2D eigenvalue weighted by Crippen LogP contribution is 2.29. The Morgan fingerprint density at radius 3 is 2.45 bits per heavy atom. The van der Waals surface area contributed by atoms with Crippen molar-refractivity contribution < 1.29 is 13.9 Å². The Labute approximate surface area is 125 Å². The van der Waals surface area contributed by atoms with E-state index in [2.05, 4.69) is 15.9 Å². The van der Waals surface area contributed by atoms with Gasteiger partial charge in [0.2, 0.25) is 0 Å². The zero-order chi connectivity index (χ0) is 14.9. The summed E-state index contributed by atoms with van der Waals surface area (Å²) in [5, 5.41) is 0. The molecule has 0 heterocycles. The lowest BCUT2D eigenvalue weighted by molar-refractivity contribution is 0.103. The maximum absolute atomic E-state index is 13.4. The highest BCUT2D eigenvalue weighted by Gasteiger charge is 2.17. The number of carbonyl (C=O) groups is 1. The quantitative estimate of drug-likeness (QED) is 0.774. The van der Waals surface area contributed by atoms with E-state index in [4.69, 9.17) is 4.74 Å². The van der Waals surface area contributed by atoms with Gasteiger partial charge < -0.3 is 4.74 Å². The molecular weight excluding hydrogens is 323 g/mol. The first-order chi connectivity index (χ1) is 9.42. The summed E-state index contributed by atoms with van der Waals surface area (Å²) in [5.74, 6) is -0.193. The topological polar surface area (TPSA) is 26.3 Å². The molecule has 0 bridgehead atoms. The summed E-state index contributed by atoms with van der Waals surface area (Å²) in [4.78, 5) is 12.5. The number of benzene rings is 2. The van der Waals surface area contributed by atoms with Crippen molar-refractivity contribution in [3.8, 4) is 5.75 Å². The molecular formula is C16H14BrFO2. The van der Waals surface area contributed by atoms with Gasteiger partial charge >= 0.3 is 0 Å². The third-order valence-corrected chi connectivity index (χ3v) is 3.88. The van der Waals surface area contributed by atoms with E-state index in [1.165, 1.54) is 19.2 Å². The largest absolute Gasteiger partial charge is 0.496 e. The molecule has 0 aliphatic heterocycles. The van der Waals surface area contributed by atoms with E-state index < -0.39 is 5.82 Å². The van der Waals surface area contributed by atoms with E-state index in [0.717, 1.165) is 10.0 Å². The van der Waals surface area contributed by atoms with Gasteiger partial charge in [-0.2, -0.15) is 0 Å². The Hall–Kier alpha value is -1.68. The Kier molecular flexibility index (Phi) is 4.23. The highest BCUT2D eigenvalue weighted by molar-refractivity contribution is 9.10. The summed E-state index contributed by atoms with van der Waals surface area (Å²) in [5.41, 5.74) is 2.40. The number of aryl methyl sites for hydroxylation is 2. The van der Waals surface area contributed by atoms with E-state index in [1.807, 2.05) is 6.92 Å². The summed E-state index contributed by atoms with van der Waals surface area (Å²) in [6, 6.07) is 7.78. The second kappa shape index (κ2) is 5.75. The van der Waals surface area contributed by atoms with Crippen molar-refractivity contribution in [3.63, 3.8) is 0 Å². The second-order valence-corrected chi connectivity index (χ2v) is 5.50. The van der Waals surface area contributed by atoms with Crippen molar-refractivity contribution >= 4 is 21.7 Å². The van der Waals surface area contributed by atoms with Crippen LogP contribution in [0.1, 0.15) is 27.0 Å². The number of rotatable bonds is 3. The normalized spacial score (nSPS) is 10.4. The fourth-order valence-corrected chi connectivity index (χ4v) is 2.37. The molecule has 0 aromatic heterocycles. The predicted molar refractivity (Wildman–Crippen MR) is 80.0 cm³/mol. The second-order valence-electron chi connectivity index (χ2n) is 4.65. The molecule has 0 saturated carbocycles. The molecule has 0 unspecified atom stereocenters. The summed E-state index contributed by atoms with van der Waals surface area (Å²) >= 11 is 3.40. The smallest absolute Gasteiger partial charge is 0.196 e. The molecule has 2 nitrogen and oxygen atoms in total. The summed E-state index contributed by atoms with van der Waals surface area (Å²) in [6.45, 7) is 3.66. The van der Waals surface area contributed by atoms with Gasteiger partial charge in [0.25, 0.3) is 0 Å². The lowest BCUT2D eigenvalue weighted by Gasteiger charge is -2.11. The highest BCUT2D eigenvalue weighted by atomic mass is 79.9. The van der Waals surface area contributed by atoms with Gasteiger partial charge in [-0.05, 0) is 55.3 Å². The van der Waals surface area contributed by atoms with Crippen LogP contribution in [0.3, 0.4) is 0 Å². The summed E-state index contributed by atoms with van der Waals surface area (Å²) < 4.78 is 19.5. The Balaban J connectivity index is 2.55. The molecule has 20 heavy (non-hydrogen) atoms. The number of hydrogen-bond donors (Lipinski definition) is 0. The van der Waals surface area contributed by atoms with Crippen LogP contribution in [0.5, 0.6) is 5.75 Å².